The number of alkyl halides is 3. The van der Waals surface area contributed by atoms with Crippen LogP contribution in [0.4, 0.5) is 13.2 Å². The lowest BCUT2D eigenvalue weighted by molar-refractivity contribution is -0.143. The second-order valence-electron chi connectivity index (χ2n) is 6.62. The SMILES string of the molecule is Cc1ccc(-n2ncc(C(=O)N3C[C@H](C)O[C@@H](C)C3)c2C(F)(F)F)cc1. The number of aryl methyl sites for hydroxylation is 1. The molecule has 2 atom stereocenters. The van der Waals surface area contributed by atoms with Gasteiger partial charge in [0.25, 0.3) is 5.91 Å². The van der Waals surface area contributed by atoms with E-state index in [1.54, 1.807) is 38.1 Å². The van der Waals surface area contributed by atoms with E-state index in [4.69, 9.17) is 4.74 Å². The van der Waals surface area contributed by atoms with E-state index >= 15 is 0 Å². The van der Waals surface area contributed by atoms with Crippen molar-refractivity contribution in [3.8, 4) is 5.69 Å². The fraction of sp³-hybridized carbons (Fsp3) is 0.444. The monoisotopic (exact) mass is 367 g/mol. The van der Waals surface area contributed by atoms with Gasteiger partial charge in [0.2, 0.25) is 0 Å². The summed E-state index contributed by atoms with van der Waals surface area (Å²) in [6, 6.07) is 6.49. The van der Waals surface area contributed by atoms with Gasteiger partial charge in [-0.05, 0) is 32.9 Å². The highest BCUT2D eigenvalue weighted by Gasteiger charge is 2.42. The normalized spacial score (nSPS) is 21.1. The summed E-state index contributed by atoms with van der Waals surface area (Å²) in [4.78, 5) is 14.2. The number of amides is 1. The smallest absolute Gasteiger partial charge is 0.372 e. The van der Waals surface area contributed by atoms with Crippen molar-refractivity contribution in [2.75, 3.05) is 13.1 Å². The minimum Gasteiger partial charge on any atom is -0.372 e. The summed E-state index contributed by atoms with van der Waals surface area (Å²) in [5.41, 5.74) is -0.328. The van der Waals surface area contributed by atoms with Crippen LogP contribution in [-0.2, 0) is 10.9 Å². The van der Waals surface area contributed by atoms with E-state index in [9.17, 15) is 18.0 Å². The molecule has 5 nitrogen and oxygen atoms in total. The van der Waals surface area contributed by atoms with Gasteiger partial charge in [-0.25, -0.2) is 4.68 Å². The van der Waals surface area contributed by atoms with Gasteiger partial charge in [0.15, 0.2) is 5.69 Å². The Morgan fingerprint density at radius 2 is 1.73 bits per heavy atom. The van der Waals surface area contributed by atoms with Crippen LogP contribution in [0.25, 0.3) is 5.69 Å². The molecular weight excluding hydrogens is 347 g/mol. The summed E-state index contributed by atoms with van der Waals surface area (Å²) in [6.45, 7) is 5.91. The van der Waals surface area contributed by atoms with E-state index in [2.05, 4.69) is 5.10 Å². The van der Waals surface area contributed by atoms with E-state index in [0.717, 1.165) is 16.4 Å². The van der Waals surface area contributed by atoms with E-state index < -0.39 is 23.3 Å². The number of hydrogen-bond acceptors (Lipinski definition) is 3. The summed E-state index contributed by atoms with van der Waals surface area (Å²) < 4.78 is 47.5. The van der Waals surface area contributed by atoms with Crippen LogP contribution in [0, 0.1) is 6.92 Å². The summed E-state index contributed by atoms with van der Waals surface area (Å²) in [5.74, 6) is -0.683. The topological polar surface area (TPSA) is 47.4 Å². The molecule has 2 aromatic rings. The zero-order valence-electron chi connectivity index (χ0n) is 14.7. The molecule has 1 saturated heterocycles. The lowest BCUT2D eigenvalue weighted by Gasteiger charge is -2.35. The largest absolute Gasteiger partial charge is 0.434 e. The Hall–Kier alpha value is -2.35. The molecule has 140 valence electrons. The van der Waals surface area contributed by atoms with Crippen molar-refractivity contribution < 1.29 is 22.7 Å². The first-order valence-electron chi connectivity index (χ1n) is 8.34. The number of carbonyl (C=O) groups excluding carboxylic acids is 1. The van der Waals surface area contributed by atoms with Crippen LogP contribution >= 0.6 is 0 Å². The average molecular weight is 367 g/mol. The third-order valence-corrected chi connectivity index (χ3v) is 4.25. The third kappa shape index (κ3) is 3.60. The fourth-order valence-corrected chi connectivity index (χ4v) is 3.17. The Morgan fingerprint density at radius 3 is 2.27 bits per heavy atom. The lowest BCUT2D eigenvalue weighted by atomic mass is 10.1. The van der Waals surface area contributed by atoms with Crippen molar-refractivity contribution in [3.05, 3.63) is 47.3 Å². The van der Waals surface area contributed by atoms with Gasteiger partial charge in [0, 0.05) is 13.1 Å². The number of benzene rings is 1. The second kappa shape index (κ2) is 6.75. The molecule has 1 aromatic heterocycles. The van der Waals surface area contributed by atoms with Gasteiger partial charge in [-0.3, -0.25) is 4.79 Å². The maximum atomic E-state index is 13.7. The molecule has 0 bridgehead atoms. The van der Waals surface area contributed by atoms with Crippen molar-refractivity contribution in [1.29, 1.82) is 0 Å². The molecule has 0 radical (unpaired) electrons. The van der Waals surface area contributed by atoms with Crippen LogP contribution in [0.2, 0.25) is 0 Å². The molecule has 0 unspecified atom stereocenters. The van der Waals surface area contributed by atoms with Crippen LogP contribution in [0.15, 0.2) is 30.5 Å². The molecule has 1 aliphatic heterocycles. The lowest BCUT2D eigenvalue weighted by Crippen LogP contribution is -2.48. The fourth-order valence-electron chi connectivity index (χ4n) is 3.17. The Kier molecular flexibility index (Phi) is 4.79. The van der Waals surface area contributed by atoms with Crippen molar-refractivity contribution in [2.24, 2.45) is 0 Å². The number of halogens is 3. The van der Waals surface area contributed by atoms with E-state index in [-0.39, 0.29) is 31.0 Å². The average Bonchev–Trinajstić information content (AvgIpc) is 2.99. The number of hydrogen-bond donors (Lipinski definition) is 0. The molecule has 8 heteroatoms. The molecule has 1 amide bonds. The van der Waals surface area contributed by atoms with Gasteiger partial charge < -0.3 is 9.64 Å². The highest BCUT2D eigenvalue weighted by molar-refractivity contribution is 5.95. The predicted octanol–water partition coefficient (Wildman–Crippen LogP) is 3.45. The van der Waals surface area contributed by atoms with Gasteiger partial charge in [0.1, 0.15) is 0 Å². The summed E-state index contributed by atoms with van der Waals surface area (Å²) in [5, 5.41) is 3.85. The van der Waals surface area contributed by atoms with Crippen molar-refractivity contribution in [2.45, 2.75) is 39.2 Å². The van der Waals surface area contributed by atoms with Crippen LogP contribution < -0.4 is 0 Å². The van der Waals surface area contributed by atoms with Gasteiger partial charge >= 0.3 is 6.18 Å². The van der Waals surface area contributed by atoms with E-state index in [0.29, 0.717) is 0 Å². The maximum absolute atomic E-state index is 13.7. The summed E-state index contributed by atoms with van der Waals surface area (Å²) in [6.07, 6.45) is -4.18. The predicted molar refractivity (Wildman–Crippen MR) is 89.2 cm³/mol. The van der Waals surface area contributed by atoms with Gasteiger partial charge in [-0.2, -0.15) is 18.3 Å². The second-order valence-corrected chi connectivity index (χ2v) is 6.62. The van der Waals surface area contributed by atoms with Crippen molar-refractivity contribution >= 4 is 5.91 Å². The molecule has 2 heterocycles. The quantitative estimate of drug-likeness (QED) is 0.817. The van der Waals surface area contributed by atoms with Gasteiger partial charge in [-0.15, -0.1) is 0 Å². The molecule has 0 spiro atoms. The molecule has 0 saturated carbocycles. The zero-order valence-corrected chi connectivity index (χ0v) is 14.7. The molecular formula is C18H20F3N3O2. The van der Waals surface area contributed by atoms with Crippen LogP contribution in [0.1, 0.15) is 35.5 Å². The van der Waals surface area contributed by atoms with Crippen LogP contribution in [0.3, 0.4) is 0 Å². The van der Waals surface area contributed by atoms with E-state index in [1.807, 2.05) is 6.92 Å². The van der Waals surface area contributed by atoms with Crippen LogP contribution in [-0.4, -0.2) is 45.9 Å². The molecule has 3 rings (SSSR count). The minimum absolute atomic E-state index is 0.232. The minimum atomic E-state index is -4.71. The number of carbonyl (C=O) groups is 1. The first-order chi connectivity index (χ1) is 12.2. The highest BCUT2D eigenvalue weighted by Crippen LogP contribution is 2.34. The van der Waals surface area contributed by atoms with Crippen LogP contribution in [0.5, 0.6) is 0 Å². The number of rotatable bonds is 2. The molecule has 1 aromatic carbocycles. The molecule has 1 aliphatic rings. The van der Waals surface area contributed by atoms with Crippen molar-refractivity contribution in [1.82, 2.24) is 14.7 Å². The van der Waals surface area contributed by atoms with E-state index in [1.165, 1.54) is 4.90 Å². The number of aromatic nitrogens is 2. The molecule has 0 aliphatic carbocycles. The first kappa shape index (κ1) is 18.4. The number of morpholine rings is 1. The third-order valence-electron chi connectivity index (χ3n) is 4.25. The Bertz CT molecular complexity index is 789. The van der Waals surface area contributed by atoms with Crippen molar-refractivity contribution in [3.63, 3.8) is 0 Å². The highest BCUT2D eigenvalue weighted by atomic mass is 19.4. The maximum Gasteiger partial charge on any atom is 0.434 e. The van der Waals surface area contributed by atoms with Gasteiger partial charge in [0.05, 0.1) is 29.7 Å². The number of ether oxygens (including phenoxy) is 1. The Labute approximate surface area is 149 Å². The summed E-state index contributed by atoms with van der Waals surface area (Å²) in [7, 11) is 0. The Balaban J connectivity index is 2.02. The van der Waals surface area contributed by atoms with Gasteiger partial charge in [-0.1, -0.05) is 17.7 Å². The summed E-state index contributed by atoms with van der Waals surface area (Å²) >= 11 is 0. The first-order valence-corrected chi connectivity index (χ1v) is 8.34. The molecule has 1 fully saturated rings. The zero-order chi connectivity index (χ0) is 19.1. The number of nitrogens with zero attached hydrogens (tertiary/aromatic N) is 3. The standard InChI is InChI=1S/C18H20F3N3O2/c1-11-4-6-14(7-5-11)24-16(18(19,20)21)15(8-22-24)17(25)23-9-12(2)26-13(3)10-23/h4-8,12-13H,9-10H2,1-3H3/t12-,13-/m0/s1. The molecule has 0 N–H and O–H groups in total. The molecule has 26 heavy (non-hydrogen) atoms. The Morgan fingerprint density at radius 1 is 1.15 bits per heavy atom.